The fraction of sp³-hybridized carbons (Fsp3) is 0.519. The van der Waals surface area contributed by atoms with E-state index in [1.54, 1.807) is 11.4 Å². The lowest BCUT2D eigenvalue weighted by molar-refractivity contribution is -0.143. The Labute approximate surface area is 225 Å². The van der Waals surface area contributed by atoms with E-state index in [9.17, 15) is 13.9 Å². The van der Waals surface area contributed by atoms with Gasteiger partial charge >= 0.3 is 5.97 Å². The second-order valence-corrected chi connectivity index (χ2v) is 12.3. The highest BCUT2D eigenvalue weighted by Crippen LogP contribution is 2.59. The SMILES string of the molecule is CCOC(=O)CCCCCCCC(CC)NC1c2ccccc2N(C)S(O)(O)c2cc(I)ccc21. The normalized spacial score (nSPS) is 18.2. The Bertz CT molecular complexity index is 987. The number of para-hydroxylation sites is 1. The van der Waals surface area contributed by atoms with Crippen molar-refractivity contribution >= 4 is 45.0 Å². The minimum absolute atomic E-state index is 0.0938. The Kier molecular flexibility index (Phi) is 10.7. The number of nitrogens with one attached hydrogen (secondary N) is 1. The number of anilines is 1. The van der Waals surface area contributed by atoms with Crippen molar-refractivity contribution in [2.75, 3.05) is 18.0 Å². The van der Waals surface area contributed by atoms with Crippen molar-refractivity contribution in [1.29, 1.82) is 0 Å². The maximum atomic E-state index is 11.5. The molecule has 0 aromatic heterocycles. The lowest BCUT2D eigenvalue weighted by atomic mass is 9.94. The lowest BCUT2D eigenvalue weighted by Crippen LogP contribution is -2.33. The maximum absolute atomic E-state index is 11.5. The standard InChI is InChI=1S/C27H39IN2O4S/c1-4-21(13-9-7-6-8-10-16-26(31)34-5-2)29-27-22-14-11-12-15-24(22)30(3)35(32,33)25-19-20(28)17-18-23(25)27/h11-12,14-15,17-19,21,27,29,32-33H,4-10,13,16H2,1-3H3. The van der Waals surface area contributed by atoms with Gasteiger partial charge in [-0.05, 0) is 78.1 Å². The van der Waals surface area contributed by atoms with Gasteiger partial charge in [0.25, 0.3) is 0 Å². The molecule has 2 aromatic carbocycles. The molecule has 1 aliphatic heterocycles. The van der Waals surface area contributed by atoms with Gasteiger partial charge in [-0.15, -0.1) is 0 Å². The number of esters is 1. The van der Waals surface area contributed by atoms with Crippen molar-refractivity contribution < 1.29 is 18.6 Å². The number of hydrogen-bond donors (Lipinski definition) is 3. The molecule has 2 aromatic rings. The van der Waals surface area contributed by atoms with E-state index in [0.717, 1.165) is 65.3 Å². The maximum Gasteiger partial charge on any atom is 0.305 e. The van der Waals surface area contributed by atoms with Gasteiger partial charge < -0.3 is 10.1 Å². The van der Waals surface area contributed by atoms with Crippen molar-refractivity contribution in [2.24, 2.45) is 0 Å². The first-order chi connectivity index (χ1) is 16.8. The predicted molar refractivity (Wildman–Crippen MR) is 153 cm³/mol. The van der Waals surface area contributed by atoms with Crippen molar-refractivity contribution in [1.82, 2.24) is 5.32 Å². The van der Waals surface area contributed by atoms with Crippen LogP contribution in [0, 0.1) is 3.57 Å². The molecule has 3 N–H and O–H groups in total. The smallest absolute Gasteiger partial charge is 0.305 e. The summed E-state index contributed by atoms with van der Waals surface area (Å²) >= 11 is 2.23. The number of rotatable bonds is 12. The van der Waals surface area contributed by atoms with Crippen LogP contribution in [0.4, 0.5) is 5.69 Å². The van der Waals surface area contributed by atoms with Crippen LogP contribution >= 0.6 is 33.4 Å². The van der Waals surface area contributed by atoms with Gasteiger partial charge in [0.05, 0.1) is 23.2 Å². The van der Waals surface area contributed by atoms with Crippen LogP contribution in [-0.2, 0) is 9.53 Å². The van der Waals surface area contributed by atoms with E-state index < -0.39 is 10.8 Å². The highest BCUT2D eigenvalue weighted by atomic mass is 127. The fourth-order valence-electron chi connectivity index (χ4n) is 4.70. The van der Waals surface area contributed by atoms with Crippen LogP contribution in [0.1, 0.15) is 82.4 Å². The number of ether oxygens (including phenoxy) is 1. The summed E-state index contributed by atoms with van der Waals surface area (Å²) < 4.78 is 30.1. The molecule has 1 aliphatic rings. The minimum Gasteiger partial charge on any atom is -0.466 e. The Morgan fingerprint density at radius 2 is 1.80 bits per heavy atom. The minimum atomic E-state index is -3.15. The van der Waals surface area contributed by atoms with E-state index in [1.165, 1.54) is 0 Å². The number of carbonyl (C=O) groups is 1. The molecule has 0 amide bonds. The van der Waals surface area contributed by atoms with E-state index in [1.807, 2.05) is 43.3 Å². The summed E-state index contributed by atoms with van der Waals surface area (Å²) in [7, 11) is -1.39. The van der Waals surface area contributed by atoms with Gasteiger partial charge in [-0.3, -0.25) is 18.2 Å². The lowest BCUT2D eigenvalue weighted by Gasteiger charge is -2.41. The van der Waals surface area contributed by atoms with Gasteiger partial charge in [0.1, 0.15) is 0 Å². The summed E-state index contributed by atoms with van der Waals surface area (Å²) in [5.74, 6) is -0.0938. The molecule has 0 saturated carbocycles. The molecule has 2 atom stereocenters. The summed E-state index contributed by atoms with van der Waals surface area (Å²) in [6.07, 6.45) is 7.88. The Morgan fingerprint density at radius 1 is 1.09 bits per heavy atom. The highest BCUT2D eigenvalue weighted by molar-refractivity contribution is 14.1. The van der Waals surface area contributed by atoms with Crippen molar-refractivity contribution in [3.63, 3.8) is 0 Å². The first kappa shape index (κ1) is 28.2. The third-order valence-electron chi connectivity index (χ3n) is 6.68. The number of fused-ring (bicyclic) bond motifs is 2. The summed E-state index contributed by atoms with van der Waals surface area (Å²) in [5.41, 5.74) is 2.83. The summed E-state index contributed by atoms with van der Waals surface area (Å²) in [4.78, 5) is 12.1. The number of halogens is 1. The van der Waals surface area contributed by atoms with Crippen molar-refractivity contribution in [3.8, 4) is 0 Å². The zero-order valence-corrected chi connectivity index (χ0v) is 24.0. The molecule has 0 fully saturated rings. The molecule has 3 rings (SSSR count). The number of nitrogens with zero attached hydrogens (tertiary/aromatic N) is 1. The molecular weight excluding hydrogens is 575 g/mol. The average molecular weight is 615 g/mol. The van der Waals surface area contributed by atoms with Crippen LogP contribution in [0.2, 0.25) is 0 Å². The van der Waals surface area contributed by atoms with Crippen LogP contribution in [0.25, 0.3) is 0 Å². The molecule has 35 heavy (non-hydrogen) atoms. The summed E-state index contributed by atoms with van der Waals surface area (Å²) in [5, 5.41) is 3.87. The average Bonchev–Trinajstić information content (AvgIpc) is 2.91. The number of unbranched alkanes of at least 4 members (excludes halogenated alkanes) is 4. The molecule has 0 aliphatic carbocycles. The molecule has 194 valence electrons. The highest BCUT2D eigenvalue weighted by Gasteiger charge is 2.35. The van der Waals surface area contributed by atoms with Gasteiger partial charge in [-0.1, -0.05) is 67.6 Å². The van der Waals surface area contributed by atoms with Gasteiger partial charge in [0.15, 0.2) is 0 Å². The van der Waals surface area contributed by atoms with Gasteiger partial charge in [0.2, 0.25) is 0 Å². The summed E-state index contributed by atoms with van der Waals surface area (Å²) in [6, 6.07) is 14.2. The Morgan fingerprint density at radius 3 is 2.54 bits per heavy atom. The van der Waals surface area contributed by atoms with Crippen LogP contribution in [-0.4, -0.2) is 34.8 Å². The summed E-state index contributed by atoms with van der Waals surface area (Å²) in [6.45, 7) is 4.50. The Hall–Kier alpha value is -1.33. The molecule has 6 nitrogen and oxygen atoms in total. The molecule has 0 bridgehead atoms. The molecule has 2 unspecified atom stereocenters. The van der Waals surface area contributed by atoms with E-state index >= 15 is 0 Å². The van der Waals surface area contributed by atoms with E-state index in [4.69, 9.17) is 4.74 Å². The predicted octanol–water partition coefficient (Wildman–Crippen LogP) is 7.52. The molecule has 0 radical (unpaired) electrons. The Balaban J connectivity index is 1.69. The molecule has 0 spiro atoms. The molecular formula is C27H39IN2O4S. The topological polar surface area (TPSA) is 82.0 Å². The number of hydrogen-bond acceptors (Lipinski definition) is 6. The number of benzene rings is 2. The van der Waals surface area contributed by atoms with Crippen LogP contribution in [0.15, 0.2) is 47.4 Å². The first-order valence-corrected chi connectivity index (χ1v) is 15.2. The second-order valence-electron chi connectivity index (χ2n) is 9.07. The third-order valence-corrected chi connectivity index (χ3v) is 9.26. The van der Waals surface area contributed by atoms with Gasteiger partial charge in [-0.25, -0.2) is 0 Å². The van der Waals surface area contributed by atoms with E-state index in [2.05, 4.69) is 40.9 Å². The van der Waals surface area contributed by atoms with E-state index in [-0.39, 0.29) is 12.0 Å². The molecule has 1 heterocycles. The van der Waals surface area contributed by atoms with E-state index in [0.29, 0.717) is 24.0 Å². The van der Waals surface area contributed by atoms with Crippen LogP contribution < -0.4 is 9.62 Å². The first-order valence-electron chi connectivity index (χ1n) is 12.6. The van der Waals surface area contributed by atoms with Crippen molar-refractivity contribution in [3.05, 3.63) is 57.2 Å². The zero-order chi connectivity index (χ0) is 25.4. The molecule has 0 saturated heterocycles. The van der Waals surface area contributed by atoms with Crippen LogP contribution in [0.3, 0.4) is 0 Å². The number of carbonyl (C=O) groups excluding carboxylic acids is 1. The molecule has 8 heteroatoms. The van der Waals surface area contributed by atoms with Gasteiger partial charge in [0, 0.05) is 23.1 Å². The third kappa shape index (κ3) is 7.13. The quantitative estimate of drug-likeness (QED) is 0.130. The zero-order valence-electron chi connectivity index (χ0n) is 21.0. The second kappa shape index (κ2) is 13.3. The largest absolute Gasteiger partial charge is 0.466 e. The van der Waals surface area contributed by atoms with Gasteiger partial charge in [-0.2, -0.15) is 0 Å². The fourth-order valence-corrected chi connectivity index (χ4v) is 6.92. The van der Waals surface area contributed by atoms with Crippen LogP contribution in [0.5, 0.6) is 0 Å². The monoisotopic (exact) mass is 614 g/mol. The van der Waals surface area contributed by atoms with Crippen molar-refractivity contribution in [2.45, 2.75) is 82.2 Å².